The number of benzene rings is 4. The highest BCUT2D eigenvalue weighted by molar-refractivity contribution is 6.44. The fraction of sp³-hybridized carbons (Fsp3) is 0.200. The fourth-order valence-electron chi connectivity index (χ4n) is 5.86. The van der Waals surface area contributed by atoms with Crippen LogP contribution in [0, 0.1) is 0 Å². The largest absolute Gasteiger partial charge is 0.219 e. The van der Waals surface area contributed by atoms with Gasteiger partial charge in [-0.2, -0.15) is 0 Å². The Kier molecular flexibility index (Phi) is 10.5. The highest BCUT2D eigenvalue weighted by Crippen LogP contribution is 2.54. The zero-order chi connectivity index (χ0) is 35.0. The molecule has 0 N–H and O–H groups in total. The Bertz CT molecular complexity index is 1850. The van der Waals surface area contributed by atoms with Crippen molar-refractivity contribution in [3.63, 3.8) is 0 Å². The fourth-order valence-corrected chi connectivity index (χ4v) is 9.84. The van der Waals surface area contributed by atoms with Gasteiger partial charge < -0.3 is 0 Å². The Labute approximate surface area is 335 Å². The van der Waals surface area contributed by atoms with Crippen molar-refractivity contribution in [2.75, 3.05) is 23.1 Å². The molecule has 0 fully saturated rings. The highest BCUT2D eigenvalue weighted by Gasteiger charge is 2.71. The number of hydrogen-bond donors (Lipinski definition) is 0. The lowest BCUT2D eigenvalue weighted by molar-refractivity contribution is -0.512. The molecule has 0 saturated carbocycles. The second-order valence-corrected chi connectivity index (χ2v) is 16.3. The zero-order valence-electron chi connectivity index (χ0n) is 24.3. The Balaban J connectivity index is 1.63. The van der Waals surface area contributed by atoms with Crippen LogP contribution in [0.25, 0.3) is 0 Å². The van der Waals surface area contributed by atoms with E-state index in [1.165, 1.54) is 0 Å². The molecule has 2 heterocycles. The summed E-state index contributed by atoms with van der Waals surface area (Å²) in [6.45, 7) is 4.18. The molecule has 0 saturated heterocycles. The SMILES string of the molecule is C[C@]1([C@]2(C)C[N+](c3c(Cl)cc(Cl)cc3Cl)=NN2c2c(Cl)cc(Cl)cc2Cl)C[N+](c2c(Cl)cc(Cl)cc2Cl)=NN1c1c(Cl)cc(Cl)cc1Cl. The molecule has 0 aliphatic carbocycles. The van der Waals surface area contributed by atoms with Crippen LogP contribution in [0.1, 0.15) is 13.8 Å². The first-order valence-electron chi connectivity index (χ1n) is 13.6. The predicted molar refractivity (Wildman–Crippen MR) is 202 cm³/mol. The topological polar surface area (TPSA) is 37.2 Å². The maximum absolute atomic E-state index is 6.86. The Morgan fingerprint density at radius 3 is 0.917 bits per heavy atom. The first kappa shape index (κ1) is 36.9. The molecule has 0 aromatic heterocycles. The molecule has 2 aliphatic heterocycles. The molecule has 6 nitrogen and oxygen atoms in total. The van der Waals surface area contributed by atoms with Crippen LogP contribution in [-0.2, 0) is 0 Å². The summed E-state index contributed by atoms with van der Waals surface area (Å²) in [5, 5.41) is 16.7. The van der Waals surface area contributed by atoms with Crippen LogP contribution in [0.3, 0.4) is 0 Å². The Morgan fingerprint density at radius 1 is 0.438 bits per heavy atom. The number of anilines is 2. The molecule has 2 atom stereocenters. The zero-order valence-corrected chi connectivity index (χ0v) is 33.3. The van der Waals surface area contributed by atoms with Crippen LogP contribution in [0.2, 0.25) is 60.3 Å². The summed E-state index contributed by atoms with van der Waals surface area (Å²) in [6, 6.07) is 12.5. The van der Waals surface area contributed by atoms with Gasteiger partial charge in [0.1, 0.15) is 0 Å². The Hall–Kier alpha value is -0.840. The number of nitrogens with zero attached hydrogens (tertiary/aromatic N) is 6. The minimum absolute atomic E-state index is 0.143. The van der Waals surface area contributed by atoms with Crippen molar-refractivity contribution < 1.29 is 9.39 Å². The molecule has 48 heavy (non-hydrogen) atoms. The van der Waals surface area contributed by atoms with Gasteiger partial charge in [0.05, 0.1) is 50.6 Å². The van der Waals surface area contributed by atoms with Crippen molar-refractivity contribution in [2.45, 2.75) is 24.9 Å². The van der Waals surface area contributed by atoms with Gasteiger partial charge in [-0.1, -0.05) is 139 Å². The van der Waals surface area contributed by atoms with E-state index < -0.39 is 11.1 Å². The molecule has 0 spiro atoms. The smallest absolute Gasteiger partial charge is 0.126 e. The molecule has 0 bridgehead atoms. The van der Waals surface area contributed by atoms with Crippen LogP contribution in [0.15, 0.2) is 59.0 Å². The highest BCUT2D eigenvalue weighted by atomic mass is 35.5. The van der Waals surface area contributed by atoms with E-state index in [0.717, 1.165) is 0 Å². The summed E-state index contributed by atoms with van der Waals surface area (Å²) >= 11 is 79.6. The van der Waals surface area contributed by atoms with Gasteiger partial charge in [0.2, 0.25) is 11.1 Å². The second kappa shape index (κ2) is 13.6. The normalized spacial score (nSPS) is 20.9. The molecule has 2 aliphatic rings. The summed E-state index contributed by atoms with van der Waals surface area (Å²) in [4.78, 5) is 0. The maximum Gasteiger partial charge on any atom is 0.219 e. The molecule has 4 aromatic rings. The minimum atomic E-state index is -1.13. The van der Waals surface area contributed by atoms with Gasteiger partial charge in [0.25, 0.3) is 0 Å². The second-order valence-electron chi connectivity index (χ2n) is 11.3. The lowest BCUT2D eigenvalue weighted by Crippen LogP contribution is -2.68. The average molecular weight is 888 g/mol. The van der Waals surface area contributed by atoms with E-state index in [-0.39, 0.29) is 53.3 Å². The molecule has 6 rings (SSSR count). The van der Waals surface area contributed by atoms with Crippen LogP contribution in [0.5, 0.6) is 0 Å². The molecule has 4 aromatic carbocycles. The summed E-state index contributed by atoms with van der Waals surface area (Å²) in [5.74, 6) is 0. The third-order valence-electron chi connectivity index (χ3n) is 8.27. The molecular formula is C30H18Cl12N6+2. The van der Waals surface area contributed by atoms with E-state index >= 15 is 0 Å². The summed E-state index contributed by atoms with van der Waals surface area (Å²) < 4.78 is 3.28. The van der Waals surface area contributed by atoms with Gasteiger partial charge in [-0.15, -0.1) is 19.4 Å². The first-order chi connectivity index (χ1) is 22.4. The van der Waals surface area contributed by atoms with Crippen molar-refractivity contribution in [3.05, 3.63) is 109 Å². The monoisotopic (exact) mass is 882 g/mol. The lowest BCUT2D eigenvalue weighted by atomic mass is 9.77. The Morgan fingerprint density at radius 2 is 0.667 bits per heavy atom. The minimum Gasteiger partial charge on any atom is -0.126 e. The summed E-state index contributed by atoms with van der Waals surface area (Å²) in [6.07, 6.45) is 0. The summed E-state index contributed by atoms with van der Waals surface area (Å²) in [5.41, 5.74) is -0.766. The maximum atomic E-state index is 6.86. The van der Waals surface area contributed by atoms with Crippen molar-refractivity contribution in [1.82, 2.24) is 0 Å². The van der Waals surface area contributed by atoms with E-state index in [9.17, 15) is 0 Å². The van der Waals surface area contributed by atoms with Crippen molar-refractivity contribution in [2.24, 2.45) is 10.4 Å². The van der Waals surface area contributed by atoms with Gasteiger partial charge in [-0.3, -0.25) is 0 Å². The van der Waals surface area contributed by atoms with Gasteiger partial charge in [0, 0.05) is 20.1 Å². The van der Waals surface area contributed by atoms with E-state index in [1.54, 1.807) is 67.9 Å². The standard InChI is InChI=1S/C30H18Cl12N6/c1-29(11-45(25-17(35)3-13(31)4-18(25)36)43-47(29)27-21(39)7-15(33)8-22(27)40)30(2)12-46(26-19(37)5-14(32)6-20(26)38)44-48(30)28-23(41)9-16(34)10-24(28)42/h3-10H,11-12H2,1-2H3/q+2/t29-,30+. The van der Waals surface area contributed by atoms with E-state index in [2.05, 4.69) is 0 Å². The summed E-state index contributed by atoms with van der Waals surface area (Å²) in [7, 11) is 0. The number of rotatable bonds is 5. The molecule has 0 unspecified atom stereocenters. The van der Waals surface area contributed by atoms with Crippen LogP contribution in [-0.4, -0.2) is 33.6 Å². The third-order valence-corrected chi connectivity index (χ3v) is 11.4. The molecule has 18 heteroatoms. The first-order valence-corrected chi connectivity index (χ1v) is 18.2. The van der Waals surface area contributed by atoms with Crippen molar-refractivity contribution in [1.29, 1.82) is 0 Å². The average Bonchev–Trinajstić information content (AvgIpc) is 3.45. The van der Waals surface area contributed by atoms with E-state index in [1.807, 2.05) is 13.8 Å². The molecular weight excluding hydrogens is 870 g/mol. The molecule has 0 amide bonds. The number of halogens is 12. The van der Waals surface area contributed by atoms with Crippen molar-refractivity contribution >= 4 is 162 Å². The van der Waals surface area contributed by atoms with Gasteiger partial charge >= 0.3 is 0 Å². The molecule has 0 radical (unpaired) electrons. The van der Waals surface area contributed by atoms with Gasteiger partial charge in [-0.05, 0) is 62.4 Å². The quantitative estimate of drug-likeness (QED) is 0.187. The predicted octanol–water partition coefficient (Wildman–Crippen LogP) is 14.8. The van der Waals surface area contributed by atoms with E-state index in [0.29, 0.717) is 42.8 Å². The van der Waals surface area contributed by atoms with Crippen LogP contribution in [0.4, 0.5) is 22.7 Å². The van der Waals surface area contributed by atoms with E-state index in [4.69, 9.17) is 150 Å². The van der Waals surface area contributed by atoms with Crippen LogP contribution < -0.4 is 10.0 Å². The third kappa shape index (κ3) is 6.31. The van der Waals surface area contributed by atoms with Gasteiger partial charge in [-0.25, -0.2) is 0 Å². The van der Waals surface area contributed by atoms with Gasteiger partial charge in [0.15, 0.2) is 35.8 Å². The lowest BCUT2D eigenvalue weighted by Gasteiger charge is -2.39. The van der Waals surface area contributed by atoms with Crippen LogP contribution >= 0.6 is 139 Å². The van der Waals surface area contributed by atoms with Crippen molar-refractivity contribution in [3.8, 4) is 0 Å². The molecule has 250 valence electrons. The number of hydrogen-bond acceptors (Lipinski definition) is 4.